The molecular formula is C22H29NO2. The summed E-state index contributed by atoms with van der Waals surface area (Å²) < 4.78 is 5.33. The molecule has 0 spiro atoms. The summed E-state index contributed by atoms with van der Waals surface area (Å²) >= 11 is 0. The third kappa shape index (κ3) is 5.35. The largest absolute Gasteiger partial charge is 0.497 e. The molecule has 3 nitrogen and oxygen atoms in total. The molecule has 0 bridgehead atoms. The minimum atomic E-state index is -0.0402. The fraction of sp³-hybridized carbons (Fsp3) is 0.409. The maximum atomic E-state index is 12.4. The summed E-state index contributed by atoms with van der Waals surface area (Å²) in [5.41, 5.74) is 4.31. The highest BCUT2D eigenvalue weighted by molar-refractivity contribution is 5.94. The van der Waals surface area contributed by atoms with Crippen LogP contribution in [-0.2, 0) is 13.0 Å². The number of amides is 1. The molecule has 25 heavy (non-hydrogen) atoms. The van der Waals surface area contributed by atoms with Crippen LogP contribution in [0.15, 0.2) is 42.5 Å². The summed E-state index contributed by atoms with van der Waals surface area (Å²) in [4.78, 5) is 12.4. The van der Waals surface area contributed by atoms with E-state index in [1.54, 1.807) is 7.11 Å². The standard InChI is InChI=1S/C22H29NO2/c1-15(2)12-20-13-21(25-5)11-10-19(20)14-23-22(24)18-8-6-17(7-9-18)16(3)4/h6-11,13,15-16H,12,14H2,1-5H3,(H,23,24). The molecule has 0 aliphatic heterocycles. The Morgan fingerprint density at radius 2 is 1.68 bits per heavy atom. The summed E-state index contributed by atoms with van der Waals surface area (Å²) in [5, 5.41) is 3.04. The van der Waals surface area contributed by atoms with Gasteiger partial charge >= 0.3 is 0 Å². The van der Waals surface area contributed by atoms with Crippen LogP contribution in [0.4, 0.5) is 0 Å². The Bertz CT molecular complexity index is 702. The second-order valence-electron chi connectivity index (χ2n) is 7.19. The fourth-order valence-corrected chi connectivity index (χ4v) is 2.83. The van der Waals surface area contributed by atoms with Gasteiger partial charge in [-0.05, 0) is 59.2 Å². The van der Waals surface area contributed by atoms with Crippen LogP contribution in [0, 0.1) is 5.92 Å². The average molecular weight is 339 g/mol. The SMILES string of the molecule is COc1ccc(CNC(=O)c2ccc(C(C)C)cc2)c(CC(C)C)c1. The van der Waals surface area contributed by atoms with Crippen LogP contribution >= 0.6 is 0 Å². The smallest absolute Gasteiger partial charge is 0.251 e. The molecular weight excluding hydrogens is 310 g/mol. The Balaban J connectivity index is 2.08. The minimum absolute atomic E-state index is 0.0402. The lowest BCUT2D eigenvalue weighted by molar-refractivity contribution is 0.0951. The van der Waals surface area contributed by atoms with E-state index in [9.17, 15) is 4.79 Å². The molecule has 134 valence electrons. The molecule has 1 N–H and O–H groups in total. The predicted octanol–water partition coefficient (Wildman–Crippen LogP) is 4.95. The number of carbonyl (C=O) groups is 1. The Morgan fingerprint density at radius 3 is 2.24 bits per heavy atom. The van der Waals surface area contributed by atoms with Crippen LogP contribution in [0.2, 0.25) is 0 Å². The van der Waals surface area contributed by atoms with Gasteiger partial charge in [0.2, 0.25) is 0 Å². The molecule has 2 rings (SSSR count). The first-order valence-electron chi connectivity index (χ1n) is 8.94. The third-order valence-electron chi connectivity index (χ3n) is 4.32. The molecule has 3 heteroatoms. The number of ether oxygens (including phenoxy) is 1. The van der Waals surface area contributed by atoms with Gasteiger partial charge in [0.1, 0.15) is 5.75 Å². The first-order valence-corrected chi connectivity index (χ1v) is 8.94. The van der Waals surface area contributed by atoms with Gasteiger partial charge in [-0.3, -0.25) is 4.79 Å². The van der Waals surface area contributed by atoms with Gasteiger partial charge < -0.3 is 10.1 Å². The number of benzene rings is 2. The van der Waals surface area contributed by atoms with Crippen molar-refractivity contribution in [1.29, 1.82) is 0 Å². The van der Waals surface area contributed by atoms with Crippen molar-refractivity contribution in [3.05, 3.63) is 64.7 Å². The summed E-state index contributed by atoms with van der Waals surface area (Å²) in [6.07, 6.45) is 0.964. The first-order chi connectivity index (χ1) is 11.9. The first kappa shape index (κ1) is 19.0. The lowest BCUT2D eigenvalue weighted by Crippen LogP contribution is -2.23. The number of nitrogens with one attached hydrogen (secondary N) is 1. The fourth-order valence-electron chi connectivity index (χ4n) is 2.83. The highest BCUT2D eigenvalue weighted by Gasteiger charge is 2.10. The van der Waals surface area contributed by atoms with Crippen LogP contribution in [0.1, 0.15) is 60.7 Å². The number of hydrogen-bond donors (Lipinski definition) is 1. The second-order valence-corrected chi connectivity index (χ2v) is 7.19. The van der Waals surface area contributed by atoms with Gasteiger partial charge in [0.15, 0.2) is 0 Å². The van der Waals surface area contributed by atoms with Gasteiger partial charge in [0.25, 0.3) is 5.91 Å². The molecule has 0 radical (unpaired) electrons. The minimum Gasteiger partial charge on any atom is -0.497 e. The van der Waals surface area contributed by atoms with Crippen molar-refractivity contribution in [3.63, 3.8) is 0 Å². The zero-order chi connectivity index (χ0) is 18.4. The lowest BCUT2D eigenvalue weighted by Gasteiger charge is -2.14. The third-order valence-corrected chi connectivity index (χ3v) is 4.32. The summed E-state index contributed by atoms with van der Waals surface area (Å²) in [7, 11) is 1.68. The Morgan fingerprint density at radius 1 is 1.00 bits per heavy atom. The van der Waals surface area contributed by atoms with Crippen molar-refractivity contribution in [2.24, 2.45) is 5.92 Å². The van der Waals surface area contributed by atoms with Gasteiger partial charge in [0, 0.05) is 12.1 Å². The Hall–Kier alpha value is -2.29. The van der Waals surface area contributed by atoms with E-state index >= 15 is 0 Å². The summed E-state index contributed by atoms with van der Waals surface area (Å²) in [6, 6.07) is 13.9. The normalized spacial score (nSPS) is 11.0. The van der Waals surface area contributed by atoms with Crippen LogP contribution in [0.5, 0.6) is 5.75 Å². The summed E-state index contributed by atoms with van der Waals surface area (Å²) in [6.45, 7) is 9.21. The molecule has 0 aliphatic carbocycles. The zero-order valence-electron chi connectivity index (χ0n) is 15.9. The van der Waals surface area contributed by atoms with Crippen molar-refractivity contribution in [1.82, 2.24) is 5.32 Å². The molecule has 0 aliphatic rings. The van der Waals surface area contributed by atoms with Gasteiger partial charge in [-0.2, -0.15) is 0 Å². The topological polar surface area (TPSA) is 38.3 Å². The van der Waals surface area contributed by atoms with E-state index in [2.05, 4.69) is 39.1 Å². The van der Waals surface area contributed by atoms with E-state index in [1.165, 1.54) is 11.1 Å². The van der Waals surface area contributed by atoms with Gasteiger partial charge in [-0.1, -0.05) is 45.9 Å². The van der Waals surface area contributed by atoms with E-state index in [4.69, 9.17) is 4.74 Å². The van der Waals surface area contributed by atoms with Crippen molar-refractivity contribution < 1.29 is 9.53 Å². The maximum absolute atomic E-state index is 12.4. The molecule has 0 saturated carbocycles. The number of rotatable bonds is 7. The molecule has 0 aromatic heterocycles. The van der Waals surface area contributed by atoms with Gasteiger partial charge in [-0.25, -0.2) is 0 Å². The lowest BCUT2D eigenvalue weighted by atomic mass is 9.97. The van der Waals surface area contributed by atoms with Crippen molar-refractivity contribution >= 4 is 5.91 Å². The number of carbonyl (C=O) groups excluding carboxylic acids is 1. The quantitative estimate of drug-likeness (QED) is 0.775. The molecule has 0 saturated heterocycles. The summed E-state index contributed by atoms with van der Waals surface area (Å²) in [5.74, 6) is 1.83. The van der Waals surface area contributed by atoms with E-state index in [-0.39, 0.29) is 5.91 Å². The zero-order valence-corrected chi connectivity index (χ0v) is 15.9. The van der Waals surface area contributed by atoms with Gasteiger partial charge in [-0.15, -0.1) is 0 Å². The highest BCUT2D eigenvalue weighted by Crippen LogP contribution is 2.21. The van der Waals surface area contributed by atoms with Crippen LogP contribution in [-0.4, -0.2) is 13.0 Å². The molecule has 2 aromatic carbocycles. The van der Waals surface area contributed by atoms with Crippen LogP contribution < -0.4 is 10.1 Å². The van der Waals surface area contributed by atoms with E-state index in [0.29, 0.717) is 23.9 Å². The molecule has 0 atom stereocenters. The second kappa shape index (κ2) is 8.70. The van der Waals surface area contributed by atoms with Crippen molar-refractivity contribution in [2.45, 2.75) is 46.6 Å². The molecule has 0 fully saturated rings. The Kier molecular flexibility index (Phi) is 6.63. The maximum Gasteiger partial charge on any atom is 0.251 e. The average Bonchev–Trinajstić information content (AvgIpc) is 2.59. The molecule has 0 unspecified atom stereocenters. The molecule has 2 aromatic rings. The van der Waals surface area contributed by atoms with E-state index in [0.717, 1.165) is 17.7 Å². The molecule has 0 heterocycles. The van der Waals surface area contributed by atoms with E-state index in [1.807, 2.05) is 36.4 Å². The molecule has 1 amide bonds. The monoisotopic (exact) mass is 339 g/mol. The number of hydrogen-bond acceptors (Lipinski definition) is 2. The predicted molar refractivity (Wildman–Crippen MR) is 103 cm³/mol. The van der Waals surface area contributed by atoms with Crippen molar-refractivity contribution in [2.75, 3.05) is 7.11 Å². The van der Waals surface area contributed by atoms with Crippen LogP contribution in [0.25, 0.3) is 0 Å². The van der Waals surface area contributed by atoms with Gasteiger partial charge in [0.05, 0.1) is 7.11 Å². The highest BCUT2D eigenvalue weighted by atomic mass is 16.5. The van der Waals surface area contributed by atoms with E-state index < -0.39 is 0 Å². The van der Waals surface area contributed by atoms with Crippen LogP contribution in [0.3, 0.4) is 0 Å². The van der Waals surface area contributed by atoms with Crippen molar-refractivity contribution in [3.8, 4) is 5.75 Å². The Labute approximate surface area is 151 Å². The number of methoxy groups -OCH3 is 1.